The van der Waals surface area contributed by atoms with Crippen LogP contribution in [-0.4, -0.2) is 30.1 Å². The third-order valence-electron chi connectivity index (χ3n) is 5.18. The average Bonchev–Trinajstić information content (AvgIpc) is 3.19. The van der Waals surface area contributed by atoms with E-state index in [-0.39, 0.29) is 0 Å². The number of hydrogen-bond acceptors (Lipinski definition) is 3. The Labute approximate surface area is 129 Å². The maximum atomic E-state index is 5.57. The van der Waals surface area contributed by atoms with Gasteiger partial charge >= 0.3 is 0 Å². The van der Waals surface area contributed by atoms with Gasteiger partial charge in [0.05, 0.1) is 12.8 Å². The van der Waals surface area contributed by atoms with Crippen molar-refractivity contribution in [2.24, 2.45) is 11.8 Å². The van der Waals surface area contributed by atoms with E-state index in [2.05, 4.69) is 30.1 Å². The molecule has 0 bridgehead atoms. The molecule has 0 saturated heterocycles. The van der Waals surface area contributed by atoms with Crippen molar-refractivity contribution in [1.82, 2.24) is 10.2 Å². The van der Waals surface area contributed by atoms with Crippen LogP contribution in [0.25, 0.3) is 0 Å². The fourth-order valence-electron chi connectivity index (χ4n) is 3.92. The summed E-state index contributed by atoms with van der Waals surface area (Å²) < 4.78 is 5.57. The fraction of sp³-hybridized carbons (Fsp3) is 0.778. The SMILES string of the molecule is CCNC1CCC(C)CC1CN(Cc1ccco1)C1CC1. The molecule has 3 rings (SSSR count). The first-order valence-electron chi connectivity index (χ1n) is 8.76. The number of nitrogens with one attached hydrogen (secondary N) is 1. The van der Waals surface area contributed by atoms with Crippen molar-refractivity contribution in [1.29, 1.82) is 0 Å². The second-order valence-electron chi connectivity index (χ2n) is 7.08. The number of hydrogen-bond donors (Lipinski definition) is 1. The first-order chi connectivity index (χ1) is 10.3. The lowest BCUT2D eigenvalue weighted by Gasteiger charge is -2.38. The van der Waals surface area contributed by atoms with Gasteiger partial charge in [-0.05, 0) is 62.6 Å². The van der Waals surface area contributed by atoms with Gasteiger partial charge in [-0.15, -0.1) is 0 Å². The normalized spacial score (nSPS) is 30.0. The van der Waals surface area contributed by atoms with Crippen LogP contribution in [0.3, 0.4) is 0 Å². The highest BCUT2D eigenvalue weighted by Crippen LogP contribution is 2.34. The topological polar surface area (TPSA) is 28.4 Å². The fourth-order valence-corrected chi connectivity index (χ4v) is 3.92. The molecule has 3 heteroatoms. The van der Waals surface area contributed by atoms with Crippen LogP contribution in [0, 0.1) is 11.8 Å². The van der Waals surface area contributed by atoms with E-state index in [4.69, 9.17) is 4.42 Å². The Bertz CT molecular complexity index is 413. The summed E-state index contributed by atoms with van der Waals surface area (Å²) in [6.45, 7) is 7.96. The molecular weight excluding hydrogens is 260 g/mol. The molecule has 1 aromatic rings. The van der Waals surface area contributed by atoms with E-state index in [0.29, 0.717) is 6.04 Å². The van der Waals surface area contributed by atoms with Gasteiger partial charge in [-0.2, -0.15) is 0 Å². The maximum absolute atomic E-state index is 5.57. The number of furan rings is 1. The highest BCUT2D eigenvalue weighted by atomic mass is 16.3. The maximum Gasteiger partial charge on any atom is 0.117 e. The second kappa shape index (κ2) is 6.97. The standard InChI is InChI=1S/C18H30N2O/c1-3-19-18-9-6-14(2)11-15(18)12-20(16-7-8-16)13-17-5-4-10-21-17/h4-5,10,14-16,18-19H,3,6-9,11-13H2,1-2H3. The summed E-state index contributed by atoms with van der Waals surface area (Å²) in [6.07, 6.45) is 8.64. The number of nitrogens with zero attached hydrogens (tertiary/aromatic N) is 1. The van der Waals surface area contributed by atoms with Crippen molar-refractivity contribution in [3.63, 3.8) is 0 Å². The van der Waals surface area contributed by atoms with Crippen molar-refractivity contribution in [2.45, 2.75) is 64.6 Å². The summed E-state index contributed by atoms with van der Waals surface area (Å²) in [7, 11) is 0. The van der Waals surface area contributed by atoms with Crippen molar-refractivity contribution >= 4 is 0 Å². The molecule has 2 aliphatic carbocycles. The molecule has 1 aromatic heterocycles. The van der Waals surface area contributed by atoms with Gasteiger partial charge in [0.15, 0.2) is 0 Å². The summed E-state index contributed by atoms with van der Waals surface area (Å²) in [5.74, 6) is 2.80. The van der Waals surface area contributed by atoms with Gasteiger partial charge in [-0.25, -0.2) is 0 Å². The van der Waals surface area contributed by atoms with E-state index in [1.54, 1.807) is 6.26 Å². The molecule has 0 amide bonds. The Morgan fingerprint density at radius 1 is 1.29 bits per heavy atom. The Hall–Kier alpha value is -0.800. The van der Waals surface area contributed by atoms with Gasteiger partial charge in [0.2, 0.25) is 0 Å². The van der Waals surface area contributed by atoms with Crippen LogP contribution in [0.4, 0.5) is 0 Å². The van der Waals surface area contributed by atoms with Crippen LogP contribution in [0.5, 0.6) is 0 Å². The van der Waals surface area contributed by atoms with E-state index in [9.17, 15) is 0 Å². The van der Waals surface area contributed by atoms with Gasteiger partial charge in [0, 0.05) is 18.6 Å². The quantitative estimate of drug-likeness (QED) is 0.831. The van der Waals surface area contributed by atoms with Gasteiger partial charge < -0.3 is 9.73 Å². The molecule has 1 N–H and O–H groups in total. The predicted octanol–water partition coefficient (Wildman–Crippen LogP) is 3.66. The van der Waals surface area contributed by atoms with Crippen LogP contribution >= 0.6 is 0 Å². The average molecular weight is 290 g/mol. The van der Waals surface area contributed by atoms with Crippen LogP contribution in [0.15, 0.2) is 22.8 Å². The molecule has 2 fully saturated rings. The first kappa shape index (κ1) is 15.1. The third kappa shape index (κ3) is 4.10. The zero-order valence-electron chi connectivity index (χ0n) is 13.6. The second-order valence-corrected chi connectivity index (χ2v) is 7.08. The van der Waals surface area contributed by atoms with Crippen LogP contribution < -0.4 is 5.32 Å². The summed E-state index contributed by atoms with van der Waals surface area (Å²) in [6, 6.07) is 5.63. The molecule has 3 atom stereocenters. The molecule has 1 heterocycles. The molecule has 0 aliphatic heterocycles. The van der Waals surface area contributed by atoms with Crippen LogP contribution in [0.2, 0.25) is 0 Å². The Morgan fingerprint density at radius 2 is 2.14 bits per heavy atom. The summed E-state index contributed by atoms with van der Waals surface area (Å²) >= 11 is 0. The van der Waals surface area contributed by atoms with Gasteiger partial charge in [0.25, 0.3) is 0 Å². The molecule has 21 heavy (non-hydrogen) atoms. The molecule has 118 valence electrons. The van der Waals surface area contributed by atoms with Crippen LogP contribution in [-0.2, 0) is 6.54 Å². The number of rotatable bonds is 7. The highest BCUT2D eigenvalue weighted by molar-refractivity contribution is 5.00. The Morgan fingerprint density at radius 3 is 2.81 bits per heavy atom. The Balaban J connectivity index is 1.62. The van der Waals surface area contributed by atoms with E-state index < -0.39 is 0 Å². The Kier molecular flexibility index (Phi) is 5.02. The molecule has 3 unspecified atom stereocenters. The molecule has 0 spiro atoms. The molecule has 3 nitrogen and oxygen atoms in total. The zero-order valence-corrected chi connectivity index (χ0v) is 13.6. The minimum absolute atomic E-state index is 0.712. The highest BCUT2D eigenvalue weighted by Gasteiger charge is 2.35. The van der Waals surface area contributed by atoms with Crippen LogP contribution in [0.1, 0.15) is 51.7 Å². The van der Waals surface area contributed by atoms with E-state index >= 15 is 0 Å². The monoisotopic (exact) mass is 290 g/mol. The first-order valence-corrected chi connectivity index (χ1v) is 8.76. The van der Waals surface area contributed by atoms with Gasteiger partial charge in [0.1, 0.15) is 5.76 Å². The lowest BCUT2D eigenvalue weighted by atomic mass is 9.78. The molecule has 2 aliphatic rings. The lowest BCUT2D eigenvalue weighted by molar-refractivity contribution is 0.130. The van der Waals surface area contributed by atoms with E-state index in [1.165, 1.54) is 38.6 Å². The summed E-state index contributed by atoms with van der Waals surface area (Å²) in [4.78, 5) is 2.67. The van der Waals surface area contributed by atoms with Crippen molar-refractivity contribution in [3.8, 4) is 0 Å². The largest absolute Gasteiger partial charge is 0.468 e. The molecular formula is C18H30N2O. The lowest BCUT2D eigenvalue weighted by Crippen LogP contribution is -2.45. The summed E-state index contributed by atoms with van der Waals surface area (Å²) in [5.41, 5.74) is 0. The minimum Gasteiger partial charge on any atom is -0.468 e. The van der Waals surface area contributed by atoms with Crippen molar-refractivity contribution < 1.29 is 4.42 Å². The van der Waals surface area contributed by atoms with Gasteiger partial charge in [-0.1, -0.05) is 13.8 Å². The molecule has 0 radical (unpaired) electrons. The molecule has 2 saturated carbocycles. The van der Waals surface area contributed by atoms with Gasteiger partial charge in [-0.3, -0.25) is 4.90 Å². The minimum atomic E-state index is 0.712. The zero-order chi connectivity index (χ0) is 14.7. The van der Waals surface area contributed by atoms with E-state index in [0.717, 1.165) is 36.7 Å². The molecule has 0 aromatic carbocycles. The van der Waals surface area contributed by atoms with E-state index in [1.807, 2.05) is 6.07 Å². The van der Waals surface area contributed by atoms with Crippen molar-refractivity contribution in [2.75, 3.05) is 13.1 Å². The van der Waals surface area contributed by atoms with Crippen molar-refractivity contribution in [3.05, 3.63) is 24.2 Å². The summed E-state index contributed by atoms with van der Waals surface area (Å²) in [5, 5.41) is 3.73. The smallest absolute Gasteiger partial charge is 0.117 e. The predicted molar refractivity (Wildman–Crippen MR) is 86.1 cm³/mol. The third-order valence-corrected chi connectivity index (χ3v) is 5.18.